The fourth-order valence-corrected chi connectivity index (χ4v) is 3.00. The molecule has 0 fully saturated rings. The van der Waals surface area contributed by atoms with Crippen LogP contribution in [0.2, 0.25) is 0 Å². The maximum atomic E-state index is 12.2. The summed E-state index contributed by atoms with van der Waals surface area (Å²) in [7, 11) is 1.65. The molecule has 132 valence electrons. The van der Waals surface area contributed by atoms with E-state index in [1.807, 2.05) is 39.0 Å². The average Bonchev–Trinajstić information content (AvgIpc) is 2.59. The summed E-state index contributed by atoms with van der Waals surface area (Å²) in [6, 6.07) is 7.97. The molecule has 0 spiro atoms. The molecule has 5 nitrogen and oxygen atoms in total. The van der Waals surface area contributed by atoms with Crippen molar-refractivity contribution in [3.05, 3.63) is 42.1 Å². The molecule has 1 aromatic carbocycles. The van der Waals surface area contributed by atoms with Crippen LogP contribution in [-0.2, 0) is 4.74 Å². The van der Waals surface area contributed by atoms with E-state index in [1.165, 1.54) is 5.57 Å². The monoisotopic (exact) mass is 340 g/mol. The molecule has 0 saturated heterocycles. The van der Waals surface area contributed by atoms with E-state index in [2.05, 4.69) is 17.1 Å². The number of rotatable bonds is 2. The van der Waals surface area contributed by atoms with Crippen molar-refractivity contribution in [3.63, 3.8) is 0 Å². The molecule has 3 rings (SSSR count). The molecule has 0 aliphatic carbocycles. The number of nitrogens with zero attached hydrogens (tertiary/aromatic N) is 2. The fourth-order valence-electron chi connectivity index (χ4n) is 3.00. The molecular weight excluding hydrogens is 316 g/mol. The van der Waals surface area contributed by atoms with Gasteiger partial charge in [-0.3, -0.25) is 4.98 Å². The summed E-state index contributed by atoms with van der Waals surface area (Å²) >= 11 is 0. The zero-order valence-corrected chi connectivity index (χ0v) is 15.2. The van der Waals surface area contributed by atoms with Gasteiger partial charge in [0.1, 0.15) is 16.9 Å². The van der Waals surface area contributed by atoms with Crippen LogP contribution in [0.4, 0.5) is 4.79 Å². The molecule has 1 amide bonds. The number of carbonyl (C=O) groups is 1. The van der Waals surface area contributed by atoms with Crippen molar-refractivity contribution in [1.82, 2.24) is 9.88 Å². The number of hydrogen-bond donors (Lipinski definition) is 0. The van der Waals surface area contributed by atoms with Gasteiger partial charge in [0.2, 0.25) is 0 Å². The van der Waals surface area contributed by atoms with Crippen LogP contribution >= 0.6 is 0 Å². The van der Waals surface area contributed by atoms with Gasteiger partial charge in [0.15, 0.2) is 0 Å². The number of hydrogen-bond acceptors (Lipinski definition) is 4. The van der Waals surface area contributed by atoms with Crippen LogP contribution in [0.25, 0.3) is 16.5 Å². The van der Waals surface area contributed by atoms with Crippen LogP contribution in [0.1, 0.15) is 32.8 Å². The number of carbonyl (C=O) groups excluding carboxylic acids is 1. The van der Waals surface area contributed by atoms with E-state index in [0.29, 0.717) is 13.1 Å². The first-order chi connectivity index (χ1) is 11.9. The molecule has 1 aromatic heterocycles. The van der Waals surface area contributed by atoms with Gasteiger partial charge in [-0.15, -0.1) is 0 Å². The quantitative estimate of drug-likeness (QED) is 0.819. The summed E-state index contributed by atoms with van der Waals surface area (Å²) in [6.45, 7) is 6.85. The normalized spacial score (nSPS) is 15.0. The highest BCUT2D eigenvalue weighted by Gasteiger charge is 2.24. The van der Waals surface area contributed by atoms with Crippen molar-refractivity contribution in [2.24, 2.45) is 0 Å². The van der Waals surface area contributed by atoms with Crippen LogP contribution < -0.4 is 4.74 Å². The predicted octanol–water partition coefficient (Wildman–Crippen LogP) is 4.27. The van der Waals surface area contributed by atoms with Crippen LogP contribution in [0.15, 0.2) is 36.5 Å². The highest BCUT2D eigenvalue weighted by molar-refractivity contribution is 5.95. The summed E-state index contributed by atoms with van der Waals surface area (Å²) in [5.41, 5.74) is 2.75. The molecule has 0 unspecified atom stereocenters. The molecule has 2 heterocycles. The highest BCUT2D eigenvalue weighted by Crippen LogP contribution is 2.32. The molecule has 0 saturated carbocycles. The number of para-hydroxylation sites is 1. The number of fused-ring (bicyclic) bond motifs is 1. The molecular formula is C20H24N2O3. The van der Waals surface area contributed by atoms with Crippen molar-refractivity contribution >= 4 is 22.6 Å². The number of pyridine rings is 1. The molecule has 1 aliphatic heterocycles. The molecule has 0 radical (unpaired) electrons. The number of methoxy groups -OCH3 is 1. The van der Waals surface area contributed by atoms with Crippen molar-refractivity contribution in [2.45, 2.75) is 32.8 Å². The summed E-state index contributed by atoms with van der Waals surface area (Å²) in [5.74, 6) is 0.770. The molecule has 0 atom stereocenters. The first-order valence-electron chi connectivity index (χ1n) is 8.48. The Bertz CT molecular complexity index is 821. The minimum atomic E-state index is -0.473. The average molecular weight is 340 g/mol. The molecule has 5 heteroatoms. The van der Waals surface area contributed by atoms with Gasteiger partial charge in [0.25, 0.3) is 0 Å². The molecule has 25 heavy (non-hydrogen) atoms. The van der Waals surface area contributed by atoms with Gasteiger partial charge in [-0.05, 0) is 50.5 Å². The van der Waals surface area contributed by atoms with Crippen molar-refractivity contribution < 1.29 is 14.3 Å². The molecule has 0 N–H and O–H groups in total. The Hall–Kier alpha value is -2.56. The summed E-state index contributed by atoms with van der Waals surface area (Å²) in [6.07, 6.45) is 4.43. The lowest BCUT2D eigenvalue weighted by atomic mass is 9.96. The second-order valence-corrected chi connectivity index (χ2v) is 7.12. The highest BCUT2D eigenvalue weighted by atomic mass is 16.6. The first-order valence-corrected chi connectivity index (χ1v) is 8.48. The van der Waals surface area contributed by atoms with Crippen LogP contribution in [-0.4, -0.2) is 41.8 Å². The number of aromatic nitrogens is 1. The van der Waals surface area contributed by atoms with Crippen molar-refractivity contribution in [2.75, 3.05) is 20.2 Å². The lowest BCUT2D eigenvalue weighted by molar-refractivity contribution is 0.0270. The minimum Gasteiger partial charge on any atom is -0.494 e. The smallest absolute Gasteiger partial charge is 0.410 e. The third-order valence-corrected chi connectivity index (χ3v) is 4.16. The van der Waals surface area contributed by atoms with Gasteiger partial charge in [-0.25, -0.2) is 4.79 Å². The Kier molecular flexibility index (Phi) is 4.66. The minimum absolute atomic E-state index is 0.260. The van der Waals surface area contributed by atoms with Crippen molar-refractivity contribution in [3.8, 4) is 5.75 Å². The van der Waals surface area contributed by atoms with Gasteiger partial charge in [-0.1, -0.05) is 18.2 Å². The Morgan fingerprint density at radius 1 is 1.24 bits per heavy atom. The van der Waals surface area contributed by atoms with Crippen LogP contribution in [0.3, 0.4) is 0 Å². The SMILES string of the molecule is COc1cccc2c(C3=CCN(C(=O)OC(C)(C)C)CC3)ccnc12. The zero-order chi connectivity index (χ0) is 18.0. The topological polar surface area (TPSA) is 51.7 Å². The van der Waals surface area contributed by atoms with Crippen LogP contribution in [0.5, 0.6) is 5.75 Å². The number of ether oxygens (including phenoxy) is 2. The Morgan fingerprint density at radius 2 is 2.04 bits per heavy atom. The van der Waals surface area contributed by atoms with E-state index in [4.69, 9.17) is 9.47 Å². The predicted molar refractivity (Wildman–Crippen MR) is 98.7 cm³/mol. The van der Waals surface area contributed by atoms with E-state index in [-0.39, 0.29) is 6.09 Å². The maximum Gasteiger partial charge on any atom is 0.410 e. The largest absolute Gasteiger partial charge is 0.494 e. The first kappa shape index (κ1) is 17.3. The van der Waals surface area contributed by atoms with E-state index in [9.17, 15) is 4.79 Å². The van der Waals surface area contributed by atoms with E-state index in [0.717, 1.165) is 28.6 Å². The van der Waals surface area contributed by atoms with Gasteiger partial charge in [-0.2, -0.15) is 0 Å². The third-order valence-electron chi connectivity index (χ3n) is 4.16. The maximum absolute atomic E-state index is 12.2. The Labute approximate surface area is 148 Å². The Balaban J connectivity index is 1.85. The molecule has 2 aromatic rings. The van der Waals surface area contributed by atoms with Gasteiger partial charge in [0, 0.05) is 24.7 Å². The van der Waals surface area contributed by atoms with E-state index >= 15 is 0 Å². The van der Waals surface area contributed by atoms with Crippen LogP contribution in [0, 0.1) is 0 Å². The second-order valence-electron chi connectivity index (χ2n) is 7.12. The summed E-state index contributed by atoms with van der Waals surface area (Å²) in [5, 5.41) is 1.07. The lowest BCUT2D eigenvalue weighted by Crippen LogP contribution is -2.39. The number of benzene rings is 1. The number of amides is 1. The zero-order valence-electron chi connectivity index (χ0n) is 15.2. The second kappa shape index (κ2) is 6.75. The van der Waals surface area contributed by atoms with Gasteiger partial charge in [0.05, 0.1) is 7.11 Å². The van der Waals surface area contributed by atoms with Gasteiger partial charge < -0.3 is 14.4 Å². The summed E-state index contributed by atoms with van der Waals surface area (Å²) in [4.78, 5) is 18.4. The van der Waals surface area contributed by atoms with E-state index < -0.39 is 5.60 Å². The Morgan fingerprint density at radius 3 is 2.68 bits per heavy atom. The van der Waals surface area contributed by atoms with Crippen molar-refractivity contribution in [1.29, 1.82) is 0 Å². The molecule has 1 aliphatic rings. The third kappa shape index (κ3) is 3.76. The fraction of sp³-hybridized carbons (Fsp3) is 0.400. The summed E-state index contributed by atoms with van der Waals surface area (Å²) < 4.78 is 10.9. The van der Waals surface area contributed by atoms with E-state index in [1.54, 1.807) is 18.2 Å². The molecule has 0 bridgehead atoms. The van der Waals surface area contributed by atoms with Gasteiger partial charge >= 0.3 is 6.09 Å². The standard InChI is InChI=1S/C20H24N2O3/c1-20(2,3)25-19(23)22-12-9-14(10-13-22)15-8-11-21-18-16(15)6-5-7-17(18)24-4/h5-9,11H,10,12-13H2,1-4H3. The lowest BCUT2D eigenvalue weighted by Gasteiger charge is -2.29.